The van der Waals surface area contributed by atoms with Gasteiger partial charge in [-0.25, -0.2) is 0 Å². The van der Waals surface area contributed by atoms with Crippen LogP contribution < -0.4 is 0 Å². The topological polar surface area (TPSA) is 40.5 Å². The largest absolute Gasteiger partial charge is 0.365 e. The van der Waals surface area contributed by atoms with E-state index in [-0.39, 0.29) is 10.8 Å². The van der Waals surface area contributed by atoms with Gasteiger partial charge in [0, 0.05) is 17.3 Å². The van der Waals surface area contributed by atoms with E-state index in [4.69, 9.17) is 0 Å². The molecule has 6 atom stereocenters. The number of fused-ring (bicyclic) bond motifs is 5. The van der Waals surface area contributed by atoms with E-state index in [1.165, 1.54) is 12.8 Å². The van der Waals surface area contributed by atoms with Crippen LogP contribution in [0.15, 0.2) is 23.8 Å². The van der Waals surface area contributed by atoms with Gasteiger partial charge in [0.05, 0.1) is 0 Å². The first-order valence-electron chi connectivity index (χ1n) is 9.13. The van der Waals surface area contributed by atoms with Gasteiger partial charge in [-0.2, -0.15) is 0 Å². The van der Waals surface area contributed by atoms with Crippen molar-refractivity contribution in [1.29, 1.82) is 0 Å². The van der Waals surface area contributed by atoms with Crippen LogP contribution in [0, 0.1) is 34.5 Å². The number of rotatable bonds is 0. The van der Waals surface area contributed by atoms with Crippen LogP contribution in [-0.4, -0.2) is 16.0 Å². The minimum Gasteiger partial charge on any atom is -0.365 e. The van der Waals surface area contributed by atoms with Gasteiger partial charge in [0.2, 0.25) is 0 Å². The van der Waals surface area contributed by atoms with Gasteiger partial charge in [0.25, 0.3) is 0 Å². The molecule has 4 aliphatic carbocycles. The summed E-state index contributed by atoms with van der Waals surface area (Å²) in [5.74, 6) is 0.817. The van der Waals surface area contributed by atoms with E-state index >= 15 is 0 Å². The Morgan fingerprint density at radius 2 is 1.82 bits per heavy atom. The highest BCUT2D eigenvalue weighted by atomic mass is 16.5. The molecule has 0 heterocycles. The quantitative estimate of drug-likeness (QED) is 0.523. The molecule has 4 aliphatic rings. The molecule has 0 aromatic heterocycles. The van der Waals surface area contributed by atoms with E-state index in [1.807, 2.05) is 0 Å². The average molecular weight is 302 g/mol. The molecule has 22 heavy (non-hydrogen) atoms. The molecule has 0 radical (unpaired) electrons. The van der Waals surface area contributed by atoms with Crippen molar-refractivity contribution in [3.05, 3.63) is 23.8 Å². The SMILES string of the molecule is CC1C=C2CCC=C[C@]2(C)[C@@H]2CC[C@@]3(C)[C@@H](CCC3(O)O)[C@H]12. The Kier molecular flexibility index (Phi) is 3.05. The fourth-order valence-electron chi connectivity index (χ4n) is 6.62. The summed E-state index contributed by atoms with van der Waals surface area (Å²) < 4.78 is 0. The Labute approximate surface area is 134 Å². The molecule has 0 bridgehead atoms. The molecule has 0 amide bonds. The smallest absolute Gasteiger partial charge is 0.168 e. The minimum atomic E-state index is -1.46. The normalized spacial score (nSPS) is 52.5. The lowest BCUT2D eigenvalue weighted by atomic mass is 9.47. The molecule has 0 aliphatic heterocycles. The van der Waals surface area contributed by atoms with Gasteiger partial charge < -0.3 is 10.2 Å². The summed E-state index contributed by atoms with van der Waals surface area (Å²) in [5, 5.41) is 21.1. The summed E-state index contributed by atoms with van der Waals surface area (Å²) in [6.45, 7) is 6.93. The number of hydrogen-bond acceptors (Lipinski definition) is 2. The maximum Gasteiger partial charge on any atom is 0.168 e. The fourth-order valence-corrected chi connectivity index (χ4v) is 6.62. The number of hydrogen-bond donors (Lipinski definition) is 2. The highest BCUT2D eigenvalue weighted by molar-refractivity contribution is 5.32. The zero-order valence-corrected chi connectivity index (χ0v) is 14.2. The van der Waals surface area contributed by atoms with E-state index in [1.54, 1.807) is 5.57 Å². The third-order valence-corrected chi connectivity index (χ3v) is 8.02. The predicted molar refractivity (Wildman–Crippen MR) is 87.9 cm³/mol. The second-order valence-corrected chi connectivity index (χ2v) is 8.88. The highest BCUT2D eigenvalue weighted by Gasteiger charge is 2.64. The molecule has 2 saturated carbocycles. The second-order valence-electron chi connectivity index (χ2n) is 8.88. The minimum absolute atomic E-state index is 0.215. The van der Waals surface area contributed by atoms with Crippen molar-refractivity contribution >= 4 is 0 Å². The zero-order chi connectivity index (χ0) is 15.8. The first-order chi connectivity index (χ1) is 10.3. The Morgan fingerprint density at radius 1 is 1.09 bits per heavy atom. The van der Waals surface area contributed by atoms with Crippen molar-refractivity contribution in [2.75, 3.05) is 0 Å². The van der Waals surface area contributed by atoms with Crippen LogP contribution in [0.1, 0.15) is 59.3 Å². The molecular weight excluding hydrogens is 272 g/mol. The van der Waals surface area contributed by atoms with E-state index in [9.17, 15) is 10.2 Å². The summed E-state index contributed by atoms with van der Waals surface area (Å²) in [7, 11) is 0. The van der Waals surface area contributed by atoms with E-state index in [0.717, 1.165) is 19.3 Å². The lowest BCUT2D eigenvalue weighted by Gasteiger charge is -2.58. The predicted octanol–water partition coefficient (Wildman–Crippen LogP) is 4.04. The van der Waals surface area contributed by atoms with Crippen LogP contribution in [0.4, 0.5) is 0 Å². The first-order valence-corrected chi connectivity index (χ1v) is 9.13. The molecule has 0 saturated heterocycles. The van der Waals surface area contributed by atoms with Crippen molar-refractivity contribution < 1.29 is 10.2 Å². The van der Waals surface area contributed by atoms with Crippen LogP contribution in [0.25, 0.3) is 0 Å². The average Bonchev–Trinajstić information content (AvgIpc) is 2.70. The van der Waals surface area contributed by atoms with E-state index in [2.05, 4.69) is 39.0 Å². The molecule has 1 unspecified atom stereocenters. The molecule has 2 fully saturated rings. The van der Waals surface area contributed by atoms with Crippen LogP contribution >= 0.6 is 0 Å². The van der Waals surface area contributed by atoms with Crippen molar-refractivity contribution in [2.24, 2.45) is 34.5 Å². The molecule has 4 rings (SSSR count). The van der Waals surface area contributed by atoms with Gasteiger partial charge in [-0.3, -0.25) is 0 Å². The molecule has 122 valence electrons. The fraction of sp³-hybridized carbons (Fsp3) is 0.800. The monoisotopic (exact) mass is 302 g/mol. The Balaban J connectivity index is 1.78. The highest BCUT2D eigenvalue weighted by Crippen LogP contribution is 2.66. The van der Waals surface area contributed by atoms with Crippen LogP contribution in [0.5, 0.6) is 0 Å². The lowest BCUT2D eigenvalue weighted by molar-refractivity contribution is -0.247. The third-order valence-electron chi connectivity index (χ3n) is 8.02. The number of allylic oxidation sites excluding steroid dienone is 4. The van der Waals surface area contributed by atoms with Crippen molar-refractivity contribution in [3.63, 3.8) is 0 Å². The Hall–Kier alpha value is -0.600. The molecule has 2 N–H and O–H groups in total. The first kappa shape index (κ1) is 15.0. The molecule has 2 nitrogen and oxygen atoms in total. The summed E-state index contributed by atoms with van der Waals surface area (Å²) in [5.41, 5.74) is 1.54. The molecule has 0 spiro atoms. The van der Waals surface area contributed by atoms with Crippen molar-refractivity contribution in [3.8, 4) is 0 Å². The summed E-state index contributed by atoms with van der Waals surface area (Å²) >= 11 is 0. The molecule has 0 aromatic rings. The Bertz CT molecular complexity index is 546. The summed E-state index contributed by atoms with van der Waals surface area (Å²) in [6.07, 6.45) is 13.4. The third kappa shape index (κ3) is 1.69. The Morgan fingerprint density at radius 3 is 2.59 bits per heavy atom. The second kappa shape index (κ2) is 4.48. The van der Waals surface area contributed by atoms with E-state index in [0.29, 0.717) is 30.1 Å². The van der Waals surface area contributed by atoms with Crippen molar-refractivity contribution in [1.82, 2.24) is 0 Å². The van der Waals surface area contributed by atoms with Crippen LogP contribution in [-0.2, 0) is 0 Å². The summed E-state index contributed by atoms with van der Waals surface area (Å²) in [4.78, 5) is 0. The molecule has 2 heteroatoms. The van der Waals surface area contributed by atoms with Crippen LogP contribution in [0.3, 0.4) is 0 Å². The van der Waals surface area contributed by atoms with E-state index < -0.39 is 5.79 Å². The lowest BCUT2D eigenvalue weighted by Crippen LogP contribution is -2.55. The molecule has 0 aromatic carbocycles. The summed E-state index contributed by atoms with van der Waals surface area (Å²) in [6, 6.07) is 0. The standard InChI is InChI=1S/C20H30O2/c1-13-12-14-6-4-5-9-18(14,2)15-7-10-19(3)16(17(13)15)8-11-20(19,21)22/h5,9,12-13,15-17,21-22H,4,6-8,10-11H2,1-3H3/t13?,15-,16+,17-,18+,19+/m1/s1. The maximum absolute atomic E-state index is 10.5. The maximum atomic E-state index is 10.5. The zero-order valence-electron chi connectivity index (χ0n) is 14.2. The van der Waals surface area contributed by atoms with Gasteiger partial charge in [0.15, 0.2) is 5.79 Å². The van der Waals surface area contributed by atoms with Gasteiger partial charge >= 0.3 is 0 Å². The van der Waals surface area contributed by atoms with Crippen molar-refractivity contribution in [2.45, 2.75) is 65.1 Å². The van der Waals surface area contributed by atoms with Gasteiger partial charge in [0.1, 0.15) is 0 Å². The van der Waals surface area contributed by atoms with Crippen LogP contribution in [0.2, 0.25) is 0 Å². The number of aliphatic hydroxyl groups is 2. The van der Waals surface area contributed by atoms with Gasteiger partial charge in [-0.1, -0.05) is 44.6 Å². The van der Waals surface area contributed by atoms with Gasteiger partial charge in [-0.15, -0.1) is 0 Å². The van der Waals surface area contributed by atoms with Gasteiger partial charge in [-0.05, 0) is 55.8 Å². The molecular formula is C20H30O2.